The van der Waals surface area contributed by atoms with Gasteiger partial charge in [0.15, 0.2) is 11.0 Å². The van der Waals surface area contributed by atoms with Crippen molar-refractivity contribution in [3.05, 3.63) is 71.3 Å². The average molecular weight is 480 g/mol. The average Bonchev–Trinajstić information content (AvgIpc) is 3.26. The summed E-state index contributed by atoms with van der Waals surface area (Å²) in [5.41, 5.74) is 3.36. The smallest absolute Gasteiger partial charge is 0.230 e. The van der Waals surface area contributed by atoms with Crippen LogP contribution in [-0.4, -0.2) is 44.4 Å². The number of aryl methyl sites for hydroxylation is 1. The first kappa shape index (κ1) is 23.1. The fourth-order valence-corrected chi connectivity index (χ4v) is 5.72. The summed E-state index contributed by atoms with van der Waals surface area (Å²) in [6, 6.07) is 14.8. The number of rotatable bonds is 7. The molecule has 178 valence electrons. The van der Waals surface area contributed by atoms with Gasteiger partial charge in [-0.25, -0.2) is 4.39 Å². The molecule has 1 atom stereocenters. The molecule has 0 unspecified atom stereocenters. The lowest BCUT2D eigenvalue weighted by Gasteiger charge is -2.26. The number of nitrogens with zero attached hydrogens (tertiary/aromatic N) is 4. The Morgan fingerprint density at radius 1 is 1.03 bits per heavy atom. The van der Waals surface area contributed by atoms with Gasteiger partial charge in [-0.1, -0.05) is 42.4 Å². The van der Waals surface area contributed by atoms with Crippen molar-refractivity contribution in [3.63, 3.8) is 0 Å². The molecule has 6 nitrogen and oxygen atoms in total. The maximum atomic E-state index is 13.6. The van der Waals surface area contributed by atoms with Gasteiger partial charge in [0, 0.05) is 5.69 Å². The number of carbonyl (C=O) groups excluding carboxylic acids is 1. The third-order valence-electron chi connectivity index (χ3n) is 6.64. The molecule has 0 radical (unpaired) electrons. The summed E-state index contributed by atoms with van der Waals surface area (Å²) in [4.78, 5) is 15.2. The van der Waals surface area contributed by atoms with E-state index >= 15 is 0 Å². The van der Waals surface area contributed by atoms with Gasteiger partial charge in [-0.2, -0.15) is 0 Å². The van der Waals surface area contributed by atoms with Gasteiger partial charge < -0.3 is 5.32 Å². The molecule has 1 fully saturated rings. The van der Waals surface area contributed by atoms with Gasteiger partial charge >= 0.3 is 0 Å². The molecule has 0 bridgehead atoms. The maximum Gasteiger partial charge on any atom is 0.230 e. The van der Waals surface area contributed by atoms with E-state index in [4.69, 9.17) is 0 Å². The van der Waals surface area contributed by atoms with Crippen LogP contribution in [0.3, 0.4) is 0 Å². The van der Waals surface area contributed by atoms with Gasteiger partial charge in [0.25, 0.3) is 0 Å². The van der Waals surface area contributed by atoms with Crippen molar-refractivity contribution < 1.29 is 9.18 Å². The fraction of sp³-hybridized carbons (Fsp3) is 0.423. The number of aromatic nitrogens is 3. The van der Waals surface area contributed by atoms with Crippen LogP contribution in [0.5, 0.6) is 0 Å². The largest absolute Gasteiger partial charge is 0.349 e. The second kappa shape index (κ2) is 10.7. The summed E-state index contributed by atoms with van der Waals surface area (Å²) in [6.07, 6.45) is 6.75. The van der Waals surface area contributed by atoms with Crippen molar-refractivity contribution in [2.24, 2.45) is 0 Å². The number of carbonyl (C=O) groups is 1. The second-order valence-electron chi connectivity index (χ2n) is 9.05. The van der Waals surface area contributed by atoms with Gasteiger partial charge in [-0.3, -0.25) is 14.3 Å². The zero-order chi connectivity index (χ0) is 23.3. The molecule has 1 N–H and O–H groups in total. The highest BCUT2D eigenvalue weighted by Crippen LogP contribution is 2.30. The van der Waals surface area contributed by atoms with Crippen molar-refractivity contribution in [1.82, 2.24) is 25.0 Å². The van der Waals surface area contributed by atoms with Crippen LogP contribution in [0.2, 0.25) is 0 Å². The summed E-state index contributed by atoms with van der Waals surface area (Å²) in [6.45, 7) is 2.78. The minimum atomic E-state index is -0.282. The third-order valence-corrected chi connectivity index (χ3v) is 7.56. The number of hydrogen-bond acceptors (Lipinski definition) is 5. The van der Waals surface area contributed by atoms with Crippen LogP contribution >= 0.6 is 11.8 Å². The Labute approximate surface area is 203 Å². The lowest BCUT2D eigenvalue weighted by atomic mass is 9.88. The summed E-state index contributed by atoms with van der Waals surface area (Å²) in [5, 5.41) is 12.7. The first-order valence-corrected chi connectivity index (χ1v) is 13.1. The molecule has 1 aliphatic carbocycles. The van der Waals surface area contributed by atoms with E-state index in [9.17, 15) is 9.18 Å². The number of benzene rings is 2. The Balaban J connectivity index is 1.30. The molecule has 1 aromatic heterocycles. The highest BCUT2D eigenvalue weighted by atomic mass is 32.2. The minimum absolute atomic E-state index is 0.0158. The number of halogens is 1. The van der Waals surface area contributed by atoms with E-state index in [2.05, 4.69) is 38.6 Å². The molecule has 1 amide bonds. The maximum absolute atomic E-state index is 13.6. The molecule has 1 saturated heterocycles. The molecule has 34 heavy (non-hydrogen) atoms. The van der Waals surface area contributed by atoms with E-state index in [1.165, 1.54) is 54.3 Å². The van der Waals surface area contributed by atoms with Crippen LogP contribution in [0, 0.1) is 5.82 Å². The summed E-state index contributed by atoms with van der Waals surface area (Å²) < 4.78 is 15.5. The van der Waals surface area contributed by atoms with Crippen LogP contribution in [-0.2, 0) is 17.8 Å². The molecule has 2 heterocycles. The molecular weight excluding hydrogens is 449 g/mol. The molecule has 0 saturated carbocycles. The van der Waals surface area contributed by atoms with E-state index in [-0.39, 0.29) is 23.5 Å². The standard InChI is InChI=1S/C26H30FN5OS/c27-20-11-13-21(14-12-20)32-24(17-31-15-4-1-5-16-31)29-30-26(32)34-18-25(33)28-23-10-6-8-19-7-2-3-9-22(19)23/h2-3,7,9,11-14,23H,1,4-6,8,10,15-18H2,(H,28,33)/t23-/m1/s1. The van der Waals surface area contributed by atoms with Crippen LogP contribution in [0.4, 0.5) is 4.39 Å². The van der Waals surface area contributed by atoms with E-state index in [0.29, 0.717) is 11.7 Å². The number of likely N-dealkylation sites (tertiary alicyclic amines) is 1. The predicted molar refractivity (Wildman–Crippen MR) is 131 cm³/mol. The number of piperidine rings is 1. The van der Waals surface area contributed by atoms with Gasteiger partial charge in [-0.05, 0) is 80.6 Å². The normalized spacial score (nSPS) is 18.4. The van der Waals surface area contributed by atoms with Crippen molar-refractivity contribution in [1.29, 1.82) is 0 Å². The number of nitrogens with one attached hydrogen (secondary N) is 1. The zero-order valence-corrected chi connectivity index (χ0v) is 20.1. The SMILES string of the molecule is O=C(CSc1nnc(CN2CCCCC2)n1-c1ccc(F)cc1)N[C@@H]1CCCc2ccccc21. The van der Waals surface area contributed by atoms with E-state index in [1.54, 1.807) is 12.1 Å². The molecular formula is C26H30FN5OS. The highest BCUT2D eigenvalue weighted by Gasteiger charge is 2.23. The van der Waals surface area contributed by atoms with E-state index in [1.807, 2.05) is 10.6 Å². The molecule has 0 spiro atoms. The van der Waals surface area contributed by atoms with Crippen molar-refractivity contribution in [2.45, 2.75) is 56.3 Å². The Kier molecular flexibility index (Phi) is 7.25. The summed E-state index contributed by atoms with van der Waals surface area (Å²) >= 11 is 1.37. The lowest BCUT2D eigenvalue weighted by Crippen LogP contribution is -2.32. The summed E-state index contributed by atoms with van der Waals surface area (Å²) in [7, 11) is 0. The number of thioether (sulfide) groups is 1. The van der Waals surface area contributed by atoms with Gasteiger partial charge in [0.1, 0.15) is 5.82 Å². The Morgan fingerprint density at radius 3 is 2.65 bits per heavy atom. The van der Waals surface area contributed by atoms with E-state index < -0.39 is 0 Å². The van der Waals surface area contributed by atoms with E-state index in [0.717, 1.165) is 43.9 Å². The molecule has 3 aromatic rings. The molecule has 8 heteroatoms. The second-order valence-corrected chi connectivity index (χ2v) is 9.99. The van der Waals surface area contributed by atoms with Crippen LogP contribution in [0.15, 0.2) is 53.7 Å². The molecule has 2 aliphatic rings. The van der Waals surface area contributed by atoms with Crippen LogP contribution < -0.4 is 5.32 Å². The Morgan fingerprint density at radius 2 is 1.82 bits per heavy atom. The Hall–Kier alpha value is -2.71. The predicted octanol–water partition coefficient (Wildman–Crippen LogP) is 4.68. The van der Waals surface area contributed by atoms with Crippen molar-refractivity contribution in [3.8, 4) is 5.69 Å². The number of amides is 1. The summed E-state index contributed by atoms with van der Waals surface area (Å²) in [5.74, 6) is 0.771. The Bertz CT molecular complexity index is 1130. The number of fused-ring (bicyclic) bond motifs is 1. The van der Waals surface area contributed by atoms with Crippen LogP contribution in [0.25, 0.3) is 5.69 Å². The van der Waals surface area contributed by atoms with Gasteiger partial charge in [-0.15, -0.1) is 10.2 Å². The van der Waals surface area contributed by atoms with Gasteiger partial charge in [0.05, 0.1) is 18.3 Å². The molecule has 1 aliphatic heterocycles. The minimum Gasteiger partial charge on any atom is -0.349 e. The third kappa shape index (κ3) is 5.33. The molecule has 5 rings (SSSR count). The quantitative estimate of drug-likeness (QED) is 0.499. The number of hydrogen-bond donors (Lipinski definition) is 1. The van der Waals surface area contributed by atoms with Crippen molar-refractivity contribution in [2.75, 3.05) is 18.8 Å². The topological polar surface area (TPSA) is 63.1 Å². The first-order valence-electron chi connectivity index (χ1n) is 12.1. The van der Waals surface area contributed by atoms with Crippen molar-refractivity contribution >= 4 is 17.7 Å². The lowest BCUT2D eigenvalue weighted by molar-refractivity contribution is -0.119. The van der Waals surface area contributed by atoms with Crippen LogP contribution in [0.1, 0.15) is 55.1 Å². The first-order chi connectivity index (χ1) is 16.7. The van der Waals surface area contributed by atoms with Gasteiger partial charge in [0.2, 0.25) is 5.91 Å². The highest BCUT2D eigenvalue weighted by molar-refractivity contribution is 7.99. The fourth-order valence-electron chi connectivity index (χ4n) is 4.93. The molecule has 2 aromatic carbocycles. The zero-order valence-electron chi connectivity index (χ0n) is 19.3. The monoisotopic (exact) mass is 479 g/mol.